The lowest BCUT2D eigenvalue weighted by Crippen LogP contribution is -2.37. The predicted octanol–water partition coefficient (Wildman–Crippen LogP) is 3.05. The summed E-state index contributed by atoms with van der Waals surface area (Å²) >= 11 is 0. The average Bonchev–Trinajstić information content (AvgIpc) is 3.15. The molecule has 4 unspecified atom stereocenters. The quantitative estimate of drug-likeness (QED) is 0.873. The molecule has 0 spiro atoms. The highest BCUT2D eigenvalue weighted by atomic mass is 19.4. The van der Waals surface area contributed by atoms with Gasteiger partial charge in [0.1, 0.15) is 0 Å². The van der Waals surface area contributed by atoms with Crippen molar-refractivity contribution in [2.75, 3.05) is 36.5 Å². The number of alkyl halides is 3. The van der Waals surface area contributed by atoms with E-state index in [0.29, 0.717) is 26.3 Å². The molecule has 8 heteroatoms. The molecule has 0 radical (unpaired) electrons. The zero-order valence-electron chi connectivity index (χ0n) is 14.7. The van der Waals surface area contributed by atoms with Crippen molar-refractivity contribution < 1.29 is 27.4 Å². The molecule has 5 nitrogen and oxygen atoms in total. The molecular formula is C19H21F3N2O3. The summed E-state index contributed by atoms with van der Waals surface area (Å²) in [5.41, 5.74) is -0.928. The zero-order valence-corrected chi connectivity index (χ0v) is 14.7. The molecule has 1 saturated carbocycles. The summed E-state index contributed by atoms with van der Waals surface area (Å²) in [6.45, 7) is 1.64. The highest BCUT2D eigenvalue weighted by molar-refractivity contribution is 5.99. The molecule has 4 atom stereocenters. The van der Waals surface area contributed by atoms with E-state index in [1.165, 1.54) is 6.07 Å². The van der Waals surface area contributed by atoms with Crippen LogP contribution in [0.25, 0.3) is 0 Å². The molecule has 2 bridgehead atoms. The molecule has 0 aromatic heterocycles. The third-order valence-electron chi connectivity index (χ3n) is 6.47. The van der Waals surface area contributed by atoms with Gasteiger partial charge in [0.2, 0.25) is 5.91 Å². The second kappa shape index (κ2) is 5.85. The van der Waals surface area contributed by atoms with E-state index in [1.807, 2.05) is 0 Å². The lowest BCUT2D eigenvalue weighted by Gasteiger charge is -2.31. The molecule has 1 aromatic carbocycles. The number of amides is 1. The molecule has 1 aliphatic carbocycles. The van der Waals surface area contributed by atoms with Gasteiger partial charge in [-0.05, 0) is 37.5 Å². The Kier molecular flexibility index (Phi) is 3.75. The molecule has 4 aliphatic rings. The van der Waals surface area contributed by atoms with E-state index < -0.39 is 17.2 Å². The Labute approximate surface area is 154 Å². The number of carbonyl (C=O) groups is 1. The normalized spacial score (nSPS) is 34.5. The predicted molar refractivity (Wildman–Crippen MR) is 91.5 cm³/mol. The number of hydrogen-bond acceptors (Lipinski definition) is 4. The van der Waals surface area contributed by atoms with Crippen LogP contribution in [-0.4, -0.2) is 44.4 Å². The van der Waals surface area contributed by atoms with E-state index in [1.54, 1.807) is 11.0 Å². The van der Waals surface area contributed by atoms with Gasteiger partial charge in [0, 0.05) is 30.4 Å². The Hall–Kier alpha value is -1.80. The average molecular weight is 382 g/mol. The third kappa shape index (κ3) is 2.64. The maximum atomic E-state index is 13.6. The topological polar surface area (TPSA) is 50.8 Å². The van der Waals surface area contributed by atoms with Crippen LogP contribution in [0.3, 0.4) is 0 Å². The van der Waals surface area contributed by atoms with Gasteiger partial charge in [-0.2, -0.15) is 13.2 Å². The van der Waals surface area contributed by atoms with Gasteiger partial charge in [-0.15, -0.1) is 0 Å². The number of nitrogens with one attached hydrogen (secondary N) is 1. The number of anilines is 2. The van der Waals surface area contributed by atoms with Gasteiger partial charge < -0.3 is 19.7 Å². The number of benzene rings is 1. The van der Waals surface area contributed by atoms with Gasteiger partial charge in [-0.25, -0.2) is 0 Å². The van der Waals surface area contributed by atoms with Crippen LogP contribution in [0.2, 0.25) is 0 Å². The second-order valence-electron chi connectivity index (χ2n) is 7.87. The van der Waals surface area contributed by atoms with Gasteiger partial charge in [0.15, 0.2) is 0 Å². The summed E-state index contributed by atoms with van der Waals surface area (Å²) in [5, 5.41) is 2.73. The van der Waals surface area contributed by atoms with Crippen LogP contribution in [0.15, 0.2) is 18.2 Å². The molecular weight excluding hydrogens is 361 g/mol. The summed E-state index contributed by atoms with van der Waals surface area (Å²) in [4.78, 5) is 14.5. The fraction of sp³-hybridized carbons (Fsp3) is 0.632. The minimum Gasteiger partial charge on any atom is -0.378 e. The molecule has 1 N–H and O–H groups in total. The van der Waals surface area contributed by atoms with E-state index >= 15 is 0 Å². The molecule has 4 fully saturated rings. The molecule has 5 rings (SSSR count). The molecule has 146 valence electrons. The lowest BCUT2D eigenvalue weighted by atomic mass is 9.87. The van der Waals surface area contributed by atoms with Crippen LogP contribution in [0, 0.1) is 11.3 Å². The van der Waals surface area contributed by atoms with Gasteiger partial charge >= 0.3 is 6.18 Å². The van der Waals surface area contributed by atoms with Crippen molar-refractivity contribution in [3.8, 4) is 0 Å². The van der Waals surface area contributed by atoms with Crippen LogP contribution < -0.4 is 10.2 Å². The first kappa shape index (κ1) is 17.3. The van der Waals surface area contributed by atoms with Gasteiger partial charge in [-0.1, -0.05) is 0 Å². The maximum absolute atomic E-state index is 13.6. The lowest BCUT2D eigenvalue weighted by molar-refractivity contribution is -0.137. The molecule has 3 heterocycles. The fourth-order valence-electron chi connectivity index (χ4n) is 5.05. The van der Waals surface area contributed by atoms with E-state index in [4.69, 9.17) is 9.47 Å². The number of hydrogen-bond donors (Lipinski definition) is 1. The van der Waals surface area contributed by atoms with Crippen molar-refractivity contribution in [2.45, 2.75) is 37.6 Å². The smallest absolute Gasteiger partial charge is 0.378 e. The van der Waals surface area contributed by atoms with E-state index in [0.717, 1.165) is 25.3 Å². The zero-order chi connectivity index (χ0) is 18.8. The number of rotatable bonds is 3. The fourth-order valence-corrected chi connectivity index (χ4v) is 5.05. The second-order valence-corrected chi connectivity index (χ2v) is 7.87. The van der Waals surface area contributed by atoms with Crippen molar-refractivity contribution in [3.63, 3.8) is 0 Å². The number of fused-ring (bicyclic) bond motifs is 5. The van der Waals surface area contributed by atoms with Crippen molar-refractivity contribution in [2.24, 2.45) is 11.3 Å². The third-order valence-corrected chi connectivity index (χ3v) is 6.47. The Bertz CT molecular complexity index is 778. The minimum atomic E-state index is -4.50. The van der Waals surface area contributed by atoms with Gasteiger partial charge in [-0.3, -0.25) is 4.79 Å². The number of halogens is 3. The summed E-state index contributed by atoms with van der Waals surface area (Å²) in [6, 6.07) is 4.05. The SMILES string of the molecule is O=C(Nc1ccc(N2CCOCC2)c(C(F)(F)F)c1)C12CC1C1CCC2O1. The van der Waals surface area contributed by atoms with E-state index in [-0.39, 0.29) is 35.4 Å². The molecule has 1 aromatic rings. The highest BCUT2D eigenvalue weighted by Gasteiger charge is 2.74. The number of carbonyl (C=O) groups excluding carboxylic acids is 1. The van der Waals surface area contributed by atoms with Crippen molar-refractivity contribution in [1.82, 2.24) is 0 Å². The largest absolute Gasteiger partial charge is 0.418 e. The number of morpholine rings is 1. The van der Waals surface area contributed by atoms with E-state index in [2.05, 4.69) is 5.32 Å². The van der Waals surface area contributed by atoms with Crippen LogP contribution in [0.5, 0.6) is 0 Å². The standard InChI is InChI=1S/C19H21F3N2O3/c20-19(21,22)12-9-11(1-2-14(12)24-5-7-26-8-6-24)23-17(25)18-10-13(18)15-3-4-16(18)27-15/h1-2,9,13,15-16H,3-8,10H2,(H,23,25). The van der Waals surface area contributed by atoms with Crippen LogP contribution in [0.1, 0.15) is 24.8 Å². The molecule has 1 amide bonds. The van der Waals surface area contributed by atoms with Crippen LogP contribution in [0.4, 0.5) is 24.5 Å². The van der Waals surface area contributed by atoms with Crippen molar-refractivity contribution in [1.29, 1.82) is 0 Å². The number of nitrogens with zero attached hydrogens (tertiary/aromatic N) is 1. The van der Waals surface area contributed by atoms with Crippen molar-refractivity contribution in [3.05, 3.63) is 23.8 Å². The summed E-state index contributed by atoms with van der Waals surface area (Å²) in [6.07, 6.45) is -1.80. The van der Waals surface area contributed by atoms with Gasteiger partial charge in [0.25, 0.3) is 0 Å². The first-order valence-corrected chi connectivity index (χ1v) is 9.40. The monoisotopic (exact) mass is 382 g/mol. The Morgan fingerprint density at radius 3 is 2.67 bits per heavy atom. The Morgan fingerprint density at radius 1 is 1.22 bits per heavy atom. The Balaban J connectivity index is 1.39. The van der Waals surface area contributed by atoms with Crippen LogP contribution >= 0.6 is 0 Å². The molecule has 3 saturated heterocycles. The summed E-state index contributed by atoms with van der Waals surface area (Å²) in [7, 11) is 0. The Morgan fingerprint density at radius 2 is 2.00 bits per heavy atom. The summed E-state index contributed by atoms with van der Waals surface area (Å²) in [5.74, 6) is 0.0258. The number of ether oxygens (including phenoxy) is 2. The minimum absolute atomic E-state index is 0.0813. The molecule has 27 heavy (non-hydrogen) atoms. The van der Waals surface area contributed by atoms with Crippen molar-refractivity contribution >= 4 is 17.3 Å². The first-order chi connectivity index (χ1) is 12.9. The van der Waals surface area contributed by atoms with Crippen LogP contribution in [-0.2, 0) is 20.4 Å². The van der Waals surface area contributed by atoms with Gasteiger partial charge in [0.05, 0.1) is 36.4 Å². The summed E-state index contributed by atoms with van der Waals surface area (Å²) < 4.78 is 52.0. The first-order valence-electron chi connectivity index (χ1n) is 9.40. The van der Waals surface area contributed by atoms with E-state index in [9.17, 15) is 18.0 Å². The maximum Gasteiger partial charge on any atom is 0.418 e. The highest BCUT2D eigenvalue weighted by Crippen LogP contribution is 2.68. The molecule has 3 aliphatic heterocycles.